The lowest BCUT2D eigenvalue weighted by molar-refractivity contribution is 0.243. The van der Waals surface area contributed by atoms with Crippen LogP contribution in [0.2, 0.25) is 0 Å². The van der Waals surface area contributed by atoms with Crippen LogP contribution in [0.15, 0.2) is 27.6 Å². The third-order valence-corrected chi connectivity index (χ3v) is 5.33. The molecule has 3 aromatic rings. The van der Waals surface area contributed by atoms with Gasteiger partial charge in [-0.05, 0) is 26.0 Å². The minimum atomic E-state index is -0.0756. The van der Waals surface area contributed by atoms with E-state index >= 15 is 0 Å². The van der Waals surface area contributed by atoms with Gasteiger partial charge in [0.1, 0.15) is 0 Å². The van der Waals surface area contributed by atoms with Crippen molar-refractivity contribution in [3.8, 4) is 11.6 Å². The summed E-state index contributed by atoms with van der Waals surface area (Å²) in [5.74, 6) is 1.10. The highest BCUT2D eigenvalue weighted by atomic mass is 32.1. The van der Waals surface area contributed by atoms with Gasteiger partial charge in [0.25, 0.3) is 5.56 Å². The van der Waals surface area contributed by atoms with Gasteiger partial charge >= 0.3 is 0 Å². The van der Waals surface area contributed by atoms with Gasteiger partial charge in [0.2, 0.25) is 0 Å². The Morgan fingerprint density at radius 3 is 2.96 bits per heavy atom. The van der Waals surface area contributed by atoms with Crippen LogP contribution >= 0.6 is 11.3 Å². The van der Waals surface area contributed by atoms with Crippen molar-refractivity contribution >= 4 is 11.3 Å². The summed E-state index contributed by atoms with van der Waals surface area (Å²) in [6.07, 6.45) is 2.35. The van der Waals surface area contributed by atoms with E-state index in [9.17, 15) is 4.79 Å². The van der Waals surface area contributed by atoms with Crippen molar-refractivity contribution in [3.63, 3.8) is 0 Å². The normalized spacial score (nSPS) is 14.8. The van der Waals surface area contributed by atoms with Crippen molar-refractivity contribution in [1.82, 2.24) is 19.9 Å². The first kappa shape index (κ1) is 15.3. The average molecular weight is 342 g/mol. The molecule has 0 saturated carbocycles. The van der Waals surface area contributed by atoms with Gasteiger partial charge in [-0.3, -0.25) is 9.69 Å². The second kappa shape index (κ2) is 5.99. The van der Waals surface area contributed by atoms with Gasteiger partial charge in [-0.15, -0.1) is 11.3 Å². The highest BCUT2D eigenvalue weighted by Crippen LogP contribution is 2.23. The second-order valence-electron chi connectivity index (χ2n) is 6.02. The number of hydrogen-bond acceptors (Lipinski definition) is 6. The molecule has 0 fully saturated rings. The van der Waals surface area contributed by atoms with Crippen LogP contribution in [0.3, 0.4) is 0 Å². The van der Waals surface area contributed by atoms with E-state index in [4.69, 9.17) is 4.42 Å². The number of rotatable bonds is 3. The van der Waals surface area contributed by atoms with Crippen LogP contribution in [0.5, 0.6) is 0 Å². The molecule has 124 valence electrons. The predicted octanol–water partition coefficient (Wildman–Crippen LogP) is 2.66. The fraction of sp³-hybridized carbons (Fsp3) is 0.353. The fourth-order valence-corrected chi connectivity index (χ4v) is 4.05. The van der Waals surface area contributed by atoms with E-state index in [1.165, 1.54) is 4.88 Å². The van der Waals surface area contributed by atoms with E-state index < -0.39 is 0 Å². The number of aromatic amines is 1. The minimum Gasteiger partial charge on any atom is -0.461 e. The van der Waals surface area contributed by atoms with Crippen molar-refractivity contribution < 1.29 is 4.42 Å². The maximum absolute atomic E-state index is 12.5. The summed E-state index contributed by atoms with van der Waals surface area (Å²) in [5, 5.41) is 1.09. The molecular weight excluding hydrogens is 324 g/mol. The van der Waals surface area contributed by atoms with E-state index in [0.717, 1.165) is 41.5 Å². The molecule has 0 saturated heterocycles. The largest absolute Gasteiger partial charge is 0.461 e. The molecule has 1 N–H and O–H groups in total. The molecule has 0 amide bonds. The third kappa shape index (κ3) is 2.81. The topological polar surface area (TPSA) is 75.0 Å². The summed E-state index contributed by atoms with van der Waals surface area (Å²) < 4.78 is 5.33. The molecule has 0 bridgehead atoms. The Kier molecular flexibility index (Phi) is 3.82. The van der Waals surface area contributed by atoms with E-state index in [1.54, 1.807) is 29.7 Å². The summed E-state index contributed by atoms with van der Waals surface area (Å²) >= 11 is 1.73. The van der Waals surface area contributed by atoms with Gasteiger partial charge in [-0.25, -0.2) is 9.97 Å². The Hall–Kier alpha value is -2.25. The molecule has 1 aliphatic rings. The lowest BCUT2D eigenvalue weighted by Crippen LogP contribution is -2.35. The van der Waals surface area contributed by atoms with Crippen molar-refractivity contribution in [2.45, 2.75) is 33.4 Å². The Labute approximate surface area is 143 Å². The molecule has 0 aromatic carbocycles. The van der Waals surface area contributed by atoms with Crippen LogP contribution in [0, 0.1) is 13.8 Å². The average Bonchev–Trinajstić information content (AvgIpc) is 3.18. The van der Waals surface area contributed by atoms with Crippen LogP contribution in [-0.2, 0) is 19.5 Å². The van der Waals surface area contributed by atoms with Gasteiger partial charge in [0.05, 0.1) is 28.2 Å². The number of nitrogens with one attached hydrogen (secondary N) is 1. The first-order valence-corrected chi connectivity index (χ1v) is 8.73. The second-order valence-corrected chi connectivity index (χ2v) is 7.31. The number of aromatic nitrogens is 3. The van der Waals surface area contributed by atoms with Gasteiger partial charge in [0.15, 0.2) is 11.6 Å². The van der Waals surface area contributed by atoms with Gasteiger partial charge in [0, 0.05) is 30.9 Å². The van der Waals surface area contributed by atoms with E-state index in [-0.39, 0.29) is 5.56 Å². The van der Waals surface area contributed by atoms with Crippen LogP contribution < -0.4 is 5.56 Å². The predicted molar refractivity (Wildman–Crippen MR) is 92.0 cm³/mol. The Morgan fingerprint density at radius 2 is 2.25 bits per heavy atom. The van der Waals surface area contributed by atoms with Crippen LogP contribution in [0.25, 0.3) is 11.6 Å². The summed E-state index contributed by atoms with van der Waals surface area (Å²) in [6, 6.07) is 3.59. The zero-order valence-electron chi connectivity index (χ0n) is 13.6. The van der Waals surface area contributed by atoms with E-state index in [1.807, 2.05) is 13.8 Å². The Morgan fingerprint density at radius 1 is 1.38 bits per heavy atom. The lowest BCUT2D eigenvalue weighted by Gasteiger charge is -2.27. The van der Waals surface area contributed by atoms with Crippen molar-refractivity contribution in [3.05, 3.63) is 55.6 Å². The quantitative estimate of drug-likeness (QED) is 0.792. The number of hydrogen-bond donors (Lipinski definition) is 1. The van der Waals surface area contributed by atoms with Crippen molar-refractivity contribution in [1.29, 1.82) is 0 Å². The molecule has 0 aliphatic carbocycles. The maximum atomic E-state index is 12.5. The smallest absolute Gasteiger partial charge is 0.256 e. The van der Waals surface area contributed by atoms with E-state index in [0.29, 0.717) is 18.1 Å². The number of fused-ring (bicyclic) bond motifs is 1. The molecule has 24 heavy (non-hydrogen) atoms. The van der Waals surface area contributed by atoms with Crippen LogP contribution in [0.4, 0.5) is 0 Å². The molecule has 0 spiro atoms. The molecule has 0 atom stereocenters. The monoisotopic (exact) mass is 342 g/mol. The zero-order chi connectivity index (χ0) is 16.7. The van der Waals surface area contributed by atoms with Crippen molar-refractivity contribution in [2.75, 3.05) is 6.54 Å². The van der Waals surface area contributed by atoms with Gasteiger partial charge in [-0.1, -0.05) is 0 Å². The summed E-state index contributed by atoms with van der Waals surface area (Å²) in [5.41, 5.74) is 2.64. The summed E-state index contributed by atoms with van der Waals surface area (Å²) in [6.45, 7) is 6.40. The summed E-state index contributed by atoms with van der Waals surface area (Å²) in [7, 11) is 0. The molecule has 6 nitrogen and oxygen atoms in total. The summed E-state index contributed by atoms with van der Waals surface area (Å²) in [4.78, 5) is 27.9. The molecule has 0 radical (unpaired) electrons. The maximum Gasteiger partial charge on any atom is 0.256 e. The SMILES string of the molecule is Cc1nc(C)c(CN2CCc3nc(-c4ccco4)[nH]c(=O)c3C2)s1. The number of aryl methyl sites for hydroxylation is 2. The number of furan rings is 1. The van der Waals surface area contributed by atoms with Crippen molar-refractivity contribution in [2.24, 2.45) is 0 Å². The zero-order valence-corrected chi connectivity index (χ0v) is 14.4. The number of nitrogens with zero attached hydrogens (tertiary/aromatic N) is 3. The first-order chi connectivity index (χ1) is 11.6. The van der Waals surface area contributed by atoms with Gasteiger partial charge in [-0.2, -0.15) is 0 Å². The third-order valence-electron chi connectivity index (χ3n) is 4.27. The number of thiazole rings is 1. The molecular formula is C17H18N4O2S. The fourth-order valence-electron chi connectivity index (χ4n) is 3.07. The minimum absolute atomic E-state index is 0.0756. The van der Waals surface area contributed by atoms with Crippen LogP contribution in [-0.4, -0.2) is 26.4 Å². The Balaban J connectivity index is 1.59. The lowest BCUT2D eigenvalue weighted by atomic mass is 10.1. The molecule has 4 heterocycles. The highest BCUT2D eigenvalue weighted by molar-refractivity contribution is 7.11. The Bertz CT molecular complexity index is 927. The van der Waals surface area contributed by atoms with Crippen LogP contribution in [0.1, 0.15) is 26.8 Å². The molecule has 7 heteroatoms. The van der Waals surface area contributed by atoms with Gasteiger partial charge < -0.3 is 9.40 Å². The highest BCUT2D eigenvalue weighted by Gasteiger charge is 2.23. The number of H-pyrrole nitrogens is 1. The standard InChI is InChI=1S/C17H18N4O2S/c1-10-15(24-11(2)18-10)9-21-6-5-13-12(8-21)17(22)20-16(19-13)14-4-3-7-23-14/h3-4,7H,5-6,8-9H2,1-2H3,(H,19,20,22). The molecule has 1 aliphatic heterocycles. The molecule has 0 unspecified atom stereocenters. The molecule has 3 aromatic heterocycles. The van der Waals surface area contributed by atoms with E-state index in [2.05, 4.69) is 19.9 Å². The first-order valence-electron chi connectivity index (χ1n) is 7.91. The molecule has 4 rings (SSSR count).